The summed E-state index contributed by atoms with van der Waals surface area (Å²) >= 11 is 3.68. The van der Waals surface area contributed by atoms with Gasteiger partial charge >= 0.3 is 0 Å². The smallest absolute Gasteiger partial charge is 0.0762 e. The Labute approximate surface area is 132 Å². The Balaban J connectivity index is 3.13. The quantitative estimate of drug-likeness (QED) is 0.740. The molecule has 1 atom stereocenters. The van der Waals surface area contributed by atoms with Crippen LogP contribution in [-0.4, -0.2) is 17.7 Å². The number of hydrogen-bond acceptors (Lipinski definition) is 2. The molecule has 0 heterocycles. The van der Waals surface area contributed by atoms with Crippen LogP contribution in [0.25, 0.3) is 0 Å². The van der Waals surface area contributed by atoms with Gasteiger partial charge in [-0.3, -0.25) is 0 Å². The number of rotatable bonds is 7. The van der Waals surface area contributed by atoms with Gasteiger partial charge in [0.15, 0.2) is 0 Å². The lowest BCUT2D eigenvalue weighted by Crippen LogP contribution is -2.37. The molecule has 1 unspecified atom stereocenters. The Bertz CT molecular complexity index is 413. The van der Waals surface area contributed by atoms with E-state index in [1.165, 1.54) is 5.69 Å². The summed E-state index contributed by atoms with van der Waals surface area (Å²) in [5.41, 5.74) is 2.19. The van der Waals surface area contributed by atoms with Crippen molar-refractivity contribution in [2.75, 3.05) is 11.4 Å². The van der Waals surface area contributed by atoms with Crippen molar-refractivity contribution in [3.63, 3.8) is 0 Å². The Kier molecular flexibility index (Phi) is 7.04. The molecule has 1 aromatic rings. The second-order valence-corrected chi connectivity index (χ2v) is 6.76. The first-order valence-corrected chi connectivity index (χ1v) is 8.44. The number of hydrogen-bond donors (Lipinski definition) is 1. The monoisotopic (exact) mass is 341 g/mol. The average molecular weight is 342 g/mol. The van der Waals surface area contributed by atoms with Gasteiger partial charge < -0.3 is 10.0 Å². The predicted molar refractivity (Wildman–Crippen MR) is 91.3 cm³/mol. The molecular formula is C17H28BrNO. The summed E-state index contributed by atoms with van der Waals surface area (Å²) in [7, 11) is 0. The lowest BCUT2D eigenvalue weighted by molar-refractivity contribution is 0.199. The standard InChI is InChI=1S/C17H28BrNO/c1-6-15(7-2)19(11-12(3)4)17-9-8-14(13(5)20)10-16(17)18/h8-10,12-13,15,20H,6-7,11H2,1-5H3. The molecule has 1 N–H and O–H groups in total. The first kappa shape index (κ1) is 17.5. The molecule has 0 saturated carbocycles. The summed E-state index contributed by atoms with van der Waals surface area (Å²) in [6.07, 6.45) is 1.87. The molecule has 0 radical (unpaired) electrons. The van der Waals surface area contributed by atoms with Crippen LogP contribution < -0.4 is 4.90 Å². The van der Waals surface area contributed by atoms with Crippen LogP contribution >= 0.6 is 15.9 Å². The zero-order valence-corrected chi connectivity index (χ0v) is 14.9. The third-order valence-electron chi connectivity index (χ3n) is 3.71. The fourth-order valence-electron chi connectivity index (χ4n) is 2.58. The second-order valence-electron chi connectivity index (χ2n) is 5.90. The van der Waals surface area contributed by atoms with Gasteiger partial charge in [-0.05, 0) is 59.3 Å². The highest BCUT2D eigenvalue weighted by Gasteiger charge is 2.19. The van der Waals surface area contributed by atoms with Crippen molar-refractivity contribution in [2.24, 2.45) is 5.92 Å². The molecule has 1 aromatic carbocycles. The lowest BCUT2D eigenvalue weighted by Gasteiger charge is -2.35. The maximum absolute atomic E-state index is 9.69. The molecule has 1 rings (SSSR count). The second kappa shape index (κ2) is 8.04. The number of nitrogens with zero attached hydrogens (tertiary/aromatic N) is 1. The molecule has 20 heavy (non-hydrogen) atoms. The van der Waals surface area contributed by atoms with E-state index in [1.54, 1.807) is 6.92 Å². The van der Waals surface area contributed by atoms with E-state index in [1.807, 2.05) is 12.1 Å². The van der Waals surface area contributed by atoms with Gasteiger partial charge in [-0.1, -0.05) is 33.8 Å². The molecule has 0 aliphatic carbocycles. The minimum absolute atomic E-state index is 0.424. The topological polar surface area (TPSA) is 23.5 Å². The number of aliphatic hydroxyl groups excluding tert-OH is 1. The highest BCUT2D eigenvalue weighted by atomic mass is 79.9. The van der Waals surface area contributed by atoms with Crippen molar-refractivity contribution in [3.05, 3.63) is 28.2 Å². The van der Waals surface area contributed by atoms with Gasteiger partial charge in [-0.2, -0.15) is 0 Å². The molecule has 2 nitrogen and oxygen atoms in total. The summed E-state index contributed by atoms with van der Waals surface area (Å²) in [5.74, 6) is 0.624. The van der Waals surface area contributed by atoms with Gasteiger partial charge in [0, 0.05) is 17.1 Å². The summed E-state index contributed by atoms with van der Waals surface area (Å²) < 4.78 is 1.07. The number of halogens is 1. The van der Waals surface area contributed by atoms with E-state index in [2.05, 4.69) is 54.6 Å². The SMILES string of the molecule is CCC(CC)N(CC(C)C)c1ccc(C(C)O)cc1Br. The van der Waals surface area contributed by atoms with Crippen molar-refractivity contribution in [1.82, 2.24) is 0 Å². The molecule has 0 fully saturated rings. The van der Waals surface area contributed by atoms with Crippen LogP contribution in [-0.2, 0) is 0 Å². The molecule has 0 aliphatic rings. The number of benzene rings is 1. The fourth-order valence-corrected chi connectivity index (χ4v) is 3.21. The first-order valence-electron chi connectivity index (χ1n) is 7.64. The minimum atomic E-state index is -0.424. The summed E-state index contributed by atoms with van der Waals surface area (Å²) in [4.78, 5) is 2.50. The molecule has 0 aliphatic heterocycles. The van der Waals surface area contributed by atoms with E-state index in [4.69, 9.17) is 0 Å². The Morgan fingerprint density at radius 3 is 2.15 bits per heavy atom. The van der Waals surface area contributed by atoms with Gasteiger partial charge in [-0.25, -0.2) is 0 Å². The van der Waals surface area contributed by atoms with E-state index in [-0.39, 0.29) is 0 Å². The maximum atomic E-state index is 9.69. The van der Waals surface area contributed by atoms with Crippen LogP contribution in [0.4, 0.5) is 5.69 Å². The van der Waals surface area contributed by atoms with Gasteiger partial charge in [0.05, 0.1) is 11.8 Å². The van der Waals surface area contributed by atoms with E-state index in [0.717, 1.165) is 29.4 Å². The molecule has 3 heteroatoms. The van der Waals surface area contributed by atoms with Crippen molar-refractivity contribution >= 4 is 21.6 Å². The van der Waals surface area contributed by atoms with E-state index in [0.29, 0.717) is 12.0 Å². The van der Waals surface area contributed by atoms with Crippen LogP contribution in [0.2, 0.25) is 0 Å². The largest absolute Gasteiger partial charge is 0.389 e. The van der Waals surface area contributed by atoms with Crippen molar-refractivity contribution in [1.29, 1.82) is 0 Å². The third-order valence-corrected chi connectivity index (χ3v) is 4.34. The van der Waals surface area contributed by atoms with Gasteiger partial charge in [0.2, 0.25) is 0 Å². The zero-order valence-electron chi connectivity index (χ0n) is 13.4. The van der Waals surface area contributed by atoms with Crippen LogP contribution in [0.15, 0.2) is 22.7 Å². The number of anilines is 1. The molecule has 0 spiro atoms. The highest BCUT2D eigenvalue weighted by molar-refractivity contribution is 9.10. The van der Waals surface area contributed by atoms with Gasteiger partial charge in [0.25, 0.3) is 0 Å². The van der Waals surface area contributed by atoms with E-state index < -0.39 is 6.10 Å². The highest BCUT2D eigenvalue weighted by Crippen LogP contribution is 2.32. The van der Waals surface area contributed by atoms with Crippen LogP contribution in [0.1, 0.15) is 59.1 Å². The predicted octanol–water partition coefficient (Wildman–Crippen LogP) is 5.15. The Morgan fingerprint density at radius 2 is 1.75 bits per heavy atom. The molecule has 114 valence electrons. The van der Waals surface area contributed by atoms with Crippen LogP contribution in [0, 0.1) is 5.92 Å². The summed E-state index contributed by atoms with van der Waals surface area (Å²) in [6.45, 7) is 11.9. The van der Waals surface area contributed by atoms with Crippen LogP contribution in [0.3, 0.4) is 0 Å². The zero-order chi connectivity index (χ0) is 15.3. The molecular weight excluding hydrogens is 314 g/mol. The lowest BCUT2D eigenvalue weighted by atomic mass is 10.0. The van der Waals surface area contributed by atoms with Gasteiger partial charge in [0.1, 0.15) is 0 Å². The number of aliphatic hydroxyl groups is 1. The van der Waals surface area contributed by atoms with Gasteiger partial charge in [-0.15, -0.1) is 0 Å². The first-order chi connectivity index (χ1) is 9.40. The van der Waals surface area contributed by atoms with E-state index in [9.17, 15) is 5.11 Å². The third kappa shape index (κ3) is 4.49. The van der Waals surface area contributed by atoms with Crippen molar-refractivity contribution < 1.29 is 5.11 Å². The van der Waals surface area contributed by atoms with Crippen molar-refractivity contribution in [3.8, 4) is 0 Å². The minimum Gasteiger partial charge on any atom is -0.389 e. The maximum Gasteiger partial charge on any atom is 0.0762 e. The normalized spacial score (nSPS) is 13.1. The van der Waals surface area contributed by atoms with Crippen molar-refractivity contribution in [2.45, 2.75) is 59.6 Å². The van der Waals surface area contributed by atoms with E-state index >= 15 is 0 Å². The Hall–Kier alpha value is -0.540. The fraction of sp³-hybridized carbons (Fsp3) is 0.647. The summed E-state index contributed by atoms with van der Waals surface area (Å²) in [5, 5.41) is 9.69. The molecule has 0 saturated heterocycles. The summed E-state index contributed by atoms with van der Waals surface area (Å²) in [6, 6.07) is 6.76. The Morgan fingerprint density at radius 1 is 1.15 bits per heavy atom. The average Bonchev–Trinajstić information content (AvgIpc) is 2.38. The molecule has 0 amide bonds. The molecule has 0 aromatic heterocycles. The molecule has 0 bridgehead atoms. The van der Waals surface area contributed by atoms with Crippen LogP contribution in [0.5, 0.6) is 0 Å².